The highest BCUT2D eigenvalue weighted by Crippen LogP contribution is 2.30. The van der Waals surface area contributed by atoms with Gasteiger partial charge in [0.15, 0.2) is 5.82 Å². The fourth-order valence-electron chi connectivity index (χ4n) is 3.90. The van der Waals surface area contributed by atoms with Gasteiger partial charge in [0.1, 0.15) is 5.76 Å². The van der Waals surface area contributed by atoms with Crippen molar-refractivity contribution >= 4 is 28.4 Å². The maximum Gasteiger partial charge on any atom is 0.314 e. The van der Waals surface area contributed by atoms with Crippen LogP contribution in [0.3, 0.4) is 0 Å². The Morgan fingerprint density at radius 2 is 1.86 bits per heavy atom. The zero-order valence-electron chi connectivity index (χ0n) is 16.4. The lowest BCUT2D eigenvalue weighted by Gasteiger charge is -2.29. The number of nitrogens with one attached hydrogen (secondary N) is 2. The molecule has 7 heteroatoms. The third kappa shape index (κ3) is 4.30. The highest BCUT2D eigenvalue weighted by Gasteiger charge is 2.26. The first kappa shape index (κ1) is 19.1. The second-order valence-corrected chi connectivity index (χ2v) is 7.31. The van der Waals surface area contributed by atoms with Gasteiger partial charge < -0.3 is 9.84 Å². The van der Waals surface area contributed by atoms with E-state index < -0.39 is 11.8 Å². The fraction of sp³-hybridized carbons (Fsp3) is 0.318. The maximum atomic E-state index is 12.4. The van der Waals surface area contributed by atoms with Gasteiger partial charge in [-0.05, 0) is 49.2 Å². The summed E-state index contributed by atoms with van der Waals surface area (Å²) in [5, 5.41) is 11.3. The van der Waals surface area contributed by atoms with Crippen LogP contribution < -0.4 is 10.6 Å². The summed E-state index contributed by atoms with van der Waals surface area (Å²) < 4.78 is 4.91. The van der Waals surface area contributed by atoms with E-state index in [9.17, 15) is 9.59 Å². The summed E-state index contributed by atoms with van der Waals surface area (Å²) in [6, 6.07) is 16.1. The molecule has 1 unspecified atom stereocenters. The van der Waals surface area contributed by atoms with Crippen LogP contribution in [0, 0.1) is 6.92 Å². The molecule has 1 aromatic heterocycles. The average Bonchev–Trinajstić information content (AvgIpc) is 3.40. The second-order valence-electron chi connectivity index (χ2n) is 7.31. The van der Waals surface area contributed by atoms with Gasteiger partial charge in [0.25, 0.3) is 0 Å². The third-order valence-electron chi connectivity index (χ3n) is 5.30. The van der Waals surface area contributed by atoms with Gasteiger partial charge in [-0.15, -0.1) is 0 Å². The van der Waals surface area contributed by atoms with E-state index in [4.69, 9.17) is 4.52 Å². The number of carbonyl (C=O) groups is 2. The molecule has 2 N–H and O–H groups in total. The normalized spacial score (nSPS) is 15.3. The number of likely N-dealkylation sites (tertiary alicyclic amines) is 1. The monoisotopic (exact) mass is 392 g/mol. The molecule has 1 aliphatic heterocycles. The molecule has 2 aromatic carbocycles. The van der Waals surface area contributed by atoms with Crippen molar-refractivity contribution in [1.82, 2.24) is 15.4 Å². The number of benzene rings is 2. The van der Waals surface area contributed by atoms with Crippen LogP contribution in [0.2, 0.25) is 0 Å². The van der Waals surface area contributed by atoms with Crippen molar-refractivity contribution in [1.29, 1.82) is 0 Å². The van der Waals surface area contributed by atoms with Gasteiger partial charge in [-0.2, -0.15) is 0 Å². The van der Waals surface area contributed by atoms with Crippen molar-refractivity contribution < 1.29 is 14.1 Å². The number of fused-ring (bicyclic) bond motifs is 1. The summed E-state index contributed by atoms with van der Waals surface area (Å²) in [6.45, 7) is 4.04. The summed E-state index contributed by atoms with van der Waals surface area (Å²) in [7, 11) is 0. The molecule has 29 heavy (non-hydrogen) atoms. The minimum Gasteiger partial charge on any atom is -0.360 e. The summed E-state index contributed by atoms with van der Waals surface area (Å²) in [4.78, 5) is 26.9. The van der Waals surface area contributed by atoms with Gasteiger partial charge in [0.05, 0.1) is 6.04 Å². The number of anilines is 1. The molecule has 1 fully saturated rings. The lowest BCUT2D eigenvalue weighted by molar-refractivity contribution is -0.136. The van der Waals surface area contributed by atoms with E-state index in [1.165, 1.54) is 10.8 Å². The van der Waals surface area contributed by atoms with Gasteiger partial charge in [0.2, 0.25) is 0 Å². The highest BCUT2D eigenvalue weighted by atomic mass is 16.5. The summed E-state index contributed by atoms with van der Waals surface area (Å²) in [5.41, 5.74) is 1.16. The Balaban J connectivity index is 1.50. The van der Waals surface area contributed by atoms with Crippen molar-refractivity contribution in [2.45, 2.75) is 25.8 Å². The Hall–Kier alpha value is -3.19. The fourth-order valence-corrected chi connectivity index (χ4v) is 3.90. The van der Waals surface area contributed by atoms with Crippen molar-refractivity contribution in [2.75, 3.05) is 25.0 Å². The topological polar surface area (TPSA) is 87.5 Å². The molecule has 0 radical (unpaired) electrons. The van der Waals surface area contributed by atoms with Crippen LogP contribution in [0.15, 0.2) is 53.1 Å². The van der Waals surface area contributed by atoms with E-state index in [1.807, 2.05) is 18.2 Å². The molecule has 3 aromatic rings. The average molecular weight is 392 g/mol. The molecule has 0 bridgehead atoms. The molecule has 0 saturated carbocycles. The summed E-state index contributed by atoms with van der Waals surface area (Å²) in [6.07, 6.45) is 2.28. The van der Waals surface area contributed by atoms with Crippen LogP contribution in [0.4, 0.5) is 5.82 Å². The van der Waals surface area contributed by atoms with E-state index >= 15 is 0 Å². The molecule has 1 aliphatic rings. The molecular weight excluding hydrogens is 368 g/mol. The number of amides is 2. The van der Waals surface area contributed by atoms with Crippen molar-refractivity contribution in [3.05, 3.63) is 59.9 Å². The second kappa shape index (κ2) is 8.45. The quantitative estimate of drug-likeness (QED) is 0.652. The smallest absolute Gasteiger partial charge is 0.314 e. The standard InChI is InChI=1S/C22H24N4O3/c1-15-13-20(25-29-15)24-22(28)21(27)23-14-19(26-11-4-5-12-26)18-10-6-8-16-7-2-3-9-17(16)18/h2-3,6-10,13,19H,4-5,11-12,14H2,1H3,(H,23,27)(H,24,25,28). The van der Waals surface area contributed by atoms with Crippen LogP contribution in [0.1, 0.15) is 30.2 Å². The third-order valence-corrected chi connectivity index (χ3v) is 5.30. The highest BCUT2D eigenvalue weighted by molar-refractivity contribution is 6.39. The first-order valence-electron chi connectivity index (χ1n) is 9.86. The molecule has 2 heterocycles. The molecule has 2 amide bonds. The van der Waals surface area contributed by atoms with E-state index in [-0.39, 0.29) is 11.9 Å². The lowest BCUT2D eigenvalue weighted by Crippen LogP contribution is -2.41. The van der Waals surface area contributed by atoms with Gasteiger partial charge >= 0.3 is 11.8 Å². The van der Waals surface area contributed by atoms with Crippen LogP contribution in [0.5, 0.6) is 0 Å². The van der Waals surface area contributed by atoms with Crippen LogP contribution in [-0.2, 0) is 9.59 Å². The van der Waals surface area contributed by atoms with Gasteiger partial charge in [-0.3, -0.25) is 19.8 Å². The molecular formula is C22H24N4O3. The van der Waals surface area contributed by atoms with E-state index in [0.29, 0.717) is 12.3 Å². The van der Waals surface area contributed by atoms with E-state index in [2.05, 4.69) is 45.0 Å². The first-order chi connectivity index (χ1) is 14.1. The van der Waals surface area contributed by atoms with Crippen molar-refractivity contribution in [3.8, 4) is 0 Å². The van der Waals surface area contributed by atoms with Crippen molar-refractivity contribution in [2.24, 2.45) is 0 Å². The zero-order valence-corrected chi connectivity index (χ0v) is 16.4. The van der Waals surface area contributed by atoms with Crippen LogP contribution in [0.25, 0.3) is 10.8 Å². The minimum atomic E-state index is -0.753. The van der Waals surface area contributed by atoms with Crippen LogP contribution >= 0.6 is 0 Å². The minimum absolute atomic E-state index is 0.00893. The van der Waals surface area contributed by atoms with Crippen molar-refractivity contribution in [3.63, 3.8) is 0 Å². The number of nitrogens with zero attached hydrogens (tertiary/aromatic N) is 2. The summed E-state index contributed by atoms with van der Waals surface area (Å²) in [5.74, 6) is -0.648. The van der Waals surface area contributed by atoms with Crippen LogP contribution in [-0.4, -0.2) is 41.5 Å². The SMILES string of the molecule is Cc1cc(NC(=O)C(=O)NCC(c2cccc3ccccc23)N2CCCC2)no1. The Morgan fingerprint density at radius 3 is 2.62 bits per heavy atom. The number of rotatable bonds is 5. The molecule has 150 valence electrons. The van der Waals surface area contributed by atoms with Gasteiger partial charge in [-0.1, -0.05) is 47.6 Å². The number of aryl methyl sites for hydroxylation is 1. The Kier molecular flexibility index (Phi) is 5.57. The molecule has 0 spiro atoms. The molecule has 4 rings (SSSR count). The first-order valence-corrected chi connectivity index (χ1v) is 9.86. The number of hydrogen-bond donors (Lipinski definition) is 2. The predicted molar refractivity (Wildman–Crippen MR) is 110 cm³/mol. The Morgan fingerprint density at radius 1 is 1.10 bits per heavy atom. The number of carbonyl (C=O) groups excluding carboxylic acids is 2. The molecule has 1 atom stereocenters. The predicted octanol–water partition coefficient (Wildman–Crippen LogP) is 3.03. The molecule has 1 saturated heterocycles. The maximum absolute atomic E-state index is 12.4. The largest absolute Gasteiger partial charge is 0.360 e. The molecule has 0 aliphatic carbocycles. The zero-order chi connectivity index (χ0) is 20.2. The van der Waals surface area contributed by atoms with E-state index in [1.54, 1.807) is 13.0 Å². The Bertz CT molecular complexity index is 1020. The molecule has 7 nitrogen and oxygen atoms in total. The van der Waals surface area contributed by atoms with E-state index in [0.717, 1.165) is 31.5 Å². The number of aromatic nitrogens is 1. The summed E-state index contributed by atoms with van der Waals surface area (Å²) >= 11 is 0. The number of hydrogen-bond acceptors (Lipinski definition) is 5. The van der Waals surface area contributed by atoms with Gasteiger partial charge in [0, 0.05) is 12.6 Å². The van der Waals surface area contributed by atoms with Gasteiger partial charge in [-0.25, -0.2) is 0 Å². The lowest BCUT2D eigenvalue weighted by atomic mass is 9.97. The Labute approximate surface area is 169 Å².